The first-order valence-electron chi connectivity index (χ1n) is 2.96. The van der Waals surface area contributed by atoms with Gasteiger partial charge in [-0.05, 0) is 0 Å². The Balaban J connectivity index is 0.000000490. The molecule has 0 N–H and O–H groups in total. The molecule has 1 aliphatic carbocycles. The second-order valence-corrected chi connectivity index (χ2v) is 2.16. The Bertz CT molecular complexity index is 84.4. The molecule has 0 heterocycles. The average Bonchev–Trinajstić information content (AvgIpc) is 1.69. The maximum atomic E-state index is 3.30. The monoisotopic (exact) mass is 102 g/mol. The Morgan fingerprint density at radius 2 is 2.12 bits per heavy atom. The Morgan fingerprint density at radius 3 is 2.38 bits per heavy atom. The van der Waals surface area contributed by atoms with Crippen LogP contribution >= 0.6 is 0 Å². The molecular weight excluding hydrogens is 91.0 g/mol. The van der Waals surface area contributed by atoms with Gasteiger partial charge in [0.15, 0.2) is 0 Å². The predicted octanol–water partition coefficient (Wildman–Crippen LogP) is -0.686. The van der Waals surface area contributed by atoms with Crippen LogP contribution in [-0.4, -0.2) is 0 Å². The summed E-state index contributed by atoms with van der Waals surface area (Å²) in [5.74, 6) is 0. The van der Waals surface area contributed by atoms with Crippen molar-refractivity contribution < 1.29 is 18.9 Å². The van der Waals surface area contributed by atoms with Crippen molar-refractivity contribution in [3.05, 3.63) is 11.6 Å². The van der Waals surface area contributed by atoms with Crippen LogP contribution in [0, 0.1) is 6.08 Å². The first-order chi connectivity index (χ1) is 3.39. The minimum absolute atomic E-state index is 0. The second-order valence-electron chi connectivity index (χ2n) is 2.16. The van der Waals surface area contributed by atoms with Crippen LogP contribution in [0.15, 0.2) is 5.57 Å². The third-order valence-corrected chi connectivity index (χ3v) is 1.41. The fraction of sp³-hybridized carbons (Fsp3) is 0.714. The van der Waals surface area contributed by atoms with Crippen LogP contribution in [0.5, 0.6) is 0 Å². The molecule has 0 saturated carbocycles. The van der Waals surface area contributed by atoms with Gasteiger partial charge < -0.3 is 6.08 Å². The molecule has 1 aliphatic rings. The molecule has 0 amide bonds. The maximum Gasteiger partial charge on any atom is 1.00 e. The summed E-state index contributed by atoms with van der Waals surface area (Å²) >= 11 is 0. The summed E-state index contributed by atoms with van der Waals surface area (Å²) in [6.45, 7) is 2.17. The second kappa shape index (κ2) is 4.24. The van der Waals surface area contributed by atoms with E-state index in [9.17, 15) is 0 Å². The molecule has 1 rings (SSSR count). The van der Waals surface area contributed by atoms with Crippen LogP contribution in [0.4, 0.5) is 0 Å². The maximum absolute atomic E-state index is 3.30. The summed E-state index contributed by atoms with van der Waals surface area (Å²) in [5.41, 5.74) is 1.46. The van der Waals surface area contributed by atoms with E-state index in [0.717, 1.165) is 0 Å². The molecule has 0 saturated heterocycles. The van der Waals surface area contributed by atoms with E-state index in [1.165, 1.54) is 31.3 Å². The SMILES string of the molecule is CC1=[C-]CCCC1.[Li+]. The van der Waals surface area contributed by atoms with Gasteiger partial charge in [0.1, 0.15) is 0 Å². The van der Waals surface area contributed by atoms with Gasteiger partial charge in [-0.15, -0.1) is 0 Å². The Morgan fingerprint density at radius 1 is 1.38 bits per heavy atom. The number of hydrogen-bond acceptors (Lipinski definition) is 0. The standard InChI is InChI=1S/C7H11.Li/c1-7-5-3-2-4-6-7;/h2-5H2,1H3;/q-1;+1. The van der Waals surface area contributed by atoms with Gasteiger partial charge in [-0.25, -0.2) is 0 Å². The Kier molecular flexibility index (Phi) is 4.42. The van der Waals surface area contributed by atoms with Gasteiger partial charge in [-0.3, -0.25) is 5.57 Å². The van der Waals surface area contributed by atoms with E-state index in [-0.39, 0.29) is 18.9 Å². The van der Waals surface area contributed by atoms with E-state index in [0.29, 0.717) is 0 Å². The van der Waals surface area contributed by atoms with Crippen LogP contribution in [0.2, 0.25) is 0 Å². The predicted molar refractivity (Wildman–Crippen MR) is 30.9 cm³/mol. The molecule has 8 heavy (non-hydrogen) atoms. The molecule has 0 radical (unpaired) electrons. The number of allylic oxidation sites excluding steroid dienone is 2. The summed E-state index contributed by atoms with van der Waals surface area (Å²) in [7, 11) is 0. The molecular formula is C7H11Li. The largest absolute Gasteiger partial charge is 1.00 e. The molecule has 1 heteroatoms. The van der Waals surface area contributed by atoms with Crippen molar-refractivity contribution in [2.45, 2.75) is 32.6 Å². The van der Waals surface area contributed by atoms with Crippen molar-refractivity contribution in [1.82, 2.24) is 0 Å². The molecule has 0 aromatic rings. The van der Waals surface area contributed by atoms with Gasteiger partial charge >= 0.3 is 18.9 Å². The summed E-state index contributed by atoms with van der Waals surface area (Å²) in [4.78, 5) is 0. The molecule has 0 fully saturated rings. The summed E-state index contributed by atoms with van der Waals surface area (Å²) in [5, 5.41) is 0. The molecule has 0 atom stereocenters. The quantitative estimate of drug-likeness (QED) is 0.280. The number of rotatable bonds is 0. The van der Waals surface area contributed by atoms with E-state index in [4.69, 9.17) is 0 Å². The first kappa shape index (κ1) is 8.34. The Labute approximate surface area is 63.5 Å². The molecule has 40 valence electrons. The topological polar surface area (TPSA) is 0 Å². The van der Waals surface area contributed by atoms with Gasteiger partial charge in [0.2, 0.25) is 0 Å². The van der Waals surface area contributed by atoms with Crippen LogP contribution in [0.25, 0.3) is 0 Å². The van der Waals surface area contributed by atoms with Crippen LogP contribution in [-0.2, 0) is 0 Å². The fourth-order valence-corrected chi connectivity index (χ4v) is 0.905. The first-order valence-corrected chi connectivity index (χ1v) is 2.96. The third kappa shape index (κ3) is 2.60. The van der Waals surface area contributed by atoms with Gasteiger partial charge in [-0.2, -0.15) is 6.42 Å². The van der Waals surface area contributed by atoms with Crippen molar-refractivity contribution in [2.24, 2.45) is 0 Å². The van der Waals surface area contributed by atoms with Crippen LogP contribution in [0.3, 0.4) is 0 Å². The fourth-order valence-electron chi connectivity index (χ4n) is 0.905. The van der Waals surface area contributed by atoms with E-state index in [1.54, 1.807) is 0 Å². The van der Waals surface area contributed by atoms with Crippen molar-refractivity contribution in [3.63, 3.8) is 0 Å². The number of hydrogen-bond donors (Lipinski definition) is 0. The Hall–Kier alpha value is 0.337. The summed E-state index contributed by atoms with van der Waals surface area (Å²) in [6, 6.07) is 0. The van der Waals surface area contributed by atoms with E-state index >= 15 is 0 Å². The van der Waals surface area contributed by atoms with Crippen LogP contribution < -0.4 is 18.9 Å². The van der Waals surface area contributed by atoms with E-state index in [2.05, 4.69) is 13.0 Å². The molecule has 0 nitrogen and oxygen atoms in total. The molecule has 0 aromatic heterocycles. The third-order valence-electron chi connectivity index (χ3n) is 1.41. The molecule has 0 aromatic carbocycles. The molecule has 0 bridgehead atoms. The van der Waals surface area contributed by atoms with Gasteiger partial charge in [0, 0.05) is 0 Å². The normalized spacial score (nSPS) is 18.9. The summed E-state index contributed by atoms with van der Waals surface area (Å²) < 4.78 is 0. The van der Waals surface area contributed by atoms with Gasteiger partial charge in [0.25, 0.3) is 0 Å². The van der Waals surface area contributed by atoms with Crippen molar-refractivity contribution in [1.29, 1.82) is 0 Å². The zero-order valence-corrected chi connectivity index (χ0v) is 5.83. The molecule has 0 unspecified atom stereocenters. The average molecular weight is 102 g/mol. The van der Waals surface area contributed by atoms with E-state index < -0.39 is 0 Å². The van der Waals surface area contributed by atoms with Gasteiger partial charge in [-0.1, -0.05) is 26.2 Å². The summed E-state index contributed by atoms with van der Waals surface area (Å²) in [6.07, 6.45) is 8.54. The van der Waals surface area contributed by atoms with Gasteiger partial charge in [0.05, 0.1) is 0 Å². The van der Waals surface area contributed by atoms with Crippen molar-refractivity contribution in [2.75, 3.05) is 0 Å². The van der Waals surface area contributed by atoms with Crippen molar-refractivity contribution >= 4 is 0 Å². The van der Waals surface area contributed by atoms with Crippen molar-refractivity contribution in [3.8, 4) is 0 Å². The van der Waals surface area contributed by atoms with E-state index in [1.807, 2.05) is 0 Å². The molecule has 0 spiro atoms. The molecule has 0 aliphatic heterocycles. The zero-order valence-electron chi connectivity index (χ0n) is 5.83. The minimum atomic E-state index is 0. The smallest absolute Gasteiger partial charge is 0.497 e. The minimum Gasteiger partial charge on any atom is -0.497 e. The zero-order chi connectivity index (χ0) is 5.11. The van der Waals surface area contributed by atoms with Crippen LogP contribution in [0.1, 0.15) is 32.6 Å².